The van der Waals surface area contributed by atoms with E-state index in [1.165, 1.54) is 126 Å². The van der Waals surface area contributed by atoms with Crippen LogP contribution >= 0.6 is 0 Å². The SMILES string of the molecule is CCCCCCCCCCCCCCCCCC(C)n1cc[n+](C)c1CCC(Cc1ccccc1)c1ccccc1. The van der Waals surface area contributed by atoms with Crippen LogP contribution in [0.5, 0.6) is 0 Å². The third-order valence-electron chi connectivity index (χ3n) is 9.17. The fourth-order valence-corrected chi connectivity index (χ4v) is 6.50. The molecule has 0 aliphatic heterocycles. The van der Waals surface area contributed by atoms with Gasteiger partial charge in [0.05, 0.1) is 13.1 Å². The van der Waals surface area contributed by atoms with Gasteiger partial charge in [-0.25, -0.2) is 9.13 Å². The van der Waals surface area contributed by atoms with Crippen LogP contribution < -0.4 is 4.57 Å². The number of aryl methyl sites for hydroxylation is 1. The second-order valence-corrected chi connectivity index (χ2v) is 12.7. The van der Waals surface area contributed by atoms with E-state index < -0.39 is 0 Å². The predicted octanol–water partition coefficient (Wildman–Crippen LogP) is 11.1. The van der Waals surface area contributed by atoms with E-state index in [-0.39, 0.29) is 0 Å². The van der Waals surface area contributed by atoms with Crippen molar-refractivity contribution < 1.29 is 4.57 Å². The van der Waals surface area contributed by atoms with Crippen LogP contribution in [-0.4, -0.2) is 4.57 Å². The Labute approximate surface area is 253 Å². The van der Waals surface area contributed by atoms with Crippen molar-refractivity contribution in [3.63, 3.8) is 0 Å². The zero-order valence-electron chi connectivity index (χ0n) is 26.9. The van der Waals surface area contributed by atoms with Crippen molar-refractivity contribution in [2.45, 2.75) is 148 Å². The topological polar surface area (TPSA) is 8.81 Å². The van der Waals surface area contributed by atoms with Gasteiger partial charge in [0, 0.05) is 6.42 Å². The van der Waals surface area contributed by atoms with Crippen molar-refractivity contribution >= 4 is 0 Å². The van der Waals surface area contributed by atoms with E-state index in [9.17, 15) is 0 Å². The molecule has 2 unspecified atom stereocenters. The second-order valence-electron chi connectivity index (χ2n) is 12.7. The van der Waals surface area contributed by atoms with Crippen molar-refractivity contribution in [2.24, 2.45) is 7.05 Å². The normalized spacial score (nSPS) is 13.0. The summed E-state index contributed by atoms with van der Waals surface area (Å²) in [6.45, 7) is 4.72. The molecule has 0 saturated heterocycles. The Balaban J connectivity index is 1.33. The summed E-state index contributed by atoms with van der Waals surface area (Å²) in [4.78, 5) is 0. The lowest BCUT2D eigenvalue weighted by molar-refractivity contribution is -0.679. The molecular weight excluding hydrogens is 496 g/mol. The summed E-state index contributed by atoms with van der Waals surface area (Å²) in [6, 6.07) is 22.7. The molecular formula is C39H61N2+. The molecule has 0 fully saturated rings. The summed E-state index contributed by atoms with van der Waals surface area (Å²) in [5.41, 5.74) is 2.89. The number of benzene rings is 2. The van der Waals surface area contributed by atoms with E-state index in [2.05, 4.69) is 103 Å². The zero-order valence-corrected chi connectivity index (χ0v) is 26.9. The molecule has 0 amide bonds. The van der Waals surface area contributed by atoms with Gasteiger partial charge in [0.2, 0.25) is 0 Å². The minimum Gasteiger partial charge on any atom is -0.237 e. The average Bonchev–Trinajstić information content (AvgIpc) is 3.38. The molecule has 2 nitrogen and oxygen atoms in total. The molecule has 0 aliphatic carbocycles. The van der Waals surface area contributed by atoms with Crippen molar-refractivity contribution in [2.75, 3.05) is 0 Å². The van der Waals surface area contributed by atoms with Gasteiger partial charge in [-0.15, -0.1) is 0 Å². The molecule has 1 heterocycles. The molecule has 3 rings (SSSR count). The van der Waals surface area contributed by atoms with Crippen LogP contribution in [0.4, 0.5) is 0 Å². The van der Waals surface area contributed by atoms with Gasteiger partial charge in [-0.2, -0.15) is 0 Å². The predicted molar refractivity (Wildman–Crippen MR) is 178 cm³/mol. The van der Waals surface area contributed by atoms with Gasteiger partial charge in [0.25, 0.3) is 5.82 Å². The van der Waals surface area contributed by atoms with Crippen LogP contribution in [0.25, 0.3) is 0 Å². The van der Waals surface area contributed by atoms with Gasteiger partial charge >= 0.3 is 0 Å². The highest BCUT2D eigenvalue weighted by atomic mass is 15.1. The molecule has 2 aromatic carbocycles. The molecule has 2 atom stereocenters. The van der Waals surface area contributed by atoms with E-state index in [1.54, 1.807) is 0 Å². The lowest BCUT2D eigenvalue weighted by Crippen LogP contribution is -2.33. The standard InChI is InChI=1S/C39H61N2/c1-4-5-6-7-8-9-10-11-12-13-14-15-16-17-20-25-35(2)41-33-32-40(3)39(41)31-30-38(37-28-23-19-24-29-37)34-36-26-21-18-22-27-36/h18-19,21-24,26-29,32-33,35,38H,4-17,20,25,30-31,34H2,1-3H3/q+1. The Bertz CT molecular complexity index is 1020. The Morgan fingerprint density at radius 2 is 1.15 bits per heavy atom. The van der Waals surface area contributed by atoms with Gasteiger partial charge in [-0.05, 0) is 49.7 Å². The monoisotopic (exact) mass is 557 g/mol. The van der Waals surface area contributed by atoms with Gasteiger partial charge in [-0.1, -0.05) is 157 Å². The maximum absolute atomic E-state index is 2.56. The molecule has 0 aliphatic rings. The van der Waals surface area contributed by atoms with E-state index in [0.717, 1.165) is 12.8 Å². The summed E-state index contributed by atoms with van der Waals surface area (Å²) in [5.74, 6) is 2.00. The maximum atomic E-state index is 2.56. The van der Waals surface area contributed by atoms with E-state index in [1.807, 2.05) is 0 Å². The first-order valence-corrected chi connectivity index (χ1v) is 17.3. The Morgan fingerprint density at radius 3 is 1.71 bits per heavy atom. The van der Waals surface area contributed by atoms with Crippen LogP contribution in [0.2, 0.25) is 0 Å². The maximum Gasteiger partial charge on any atom is 0.256 e. The molecule has 0 N–H and O–H groups in total. The Kier molecular flexibility index (Phi) is 16.6. The van der Waals surface area contributed by atoms with Gasteiger partial charge in [0.1, 0.15) is 12.4 Å². The quantitative estimate of drug-likeness (QED) is 0.0810. The molecule has 0 spiro atoms. The van der Waals surface area contributed by atoms with Crippen molar-refractivity contribution in [3.05, 3.63) is 90.0 Å². The molecule has 3 aromatic rings. The summed E-state index contributed by atoms with van der Waals surface area (Å²) >= 11 is 0. The molecule has 0 saturated carbocycles. The molecule has 0 radical (unpaired) electrons. The Hall–Kier alpha value is -2.35. The summed E-state index contributed by atoms with van der Waals surface area (Å²) in [6.07, 6.45) is 30.7. The first-order chi connectivity index (χ1) is 20.2. The van der Waals surface area contributed by atoms with E-state index in [4.69, 9.17) is 0 Å². The van der Waals surface area contributed by atoms with Gasteiger partial charge < -0.3 is 0 Å². The Morgan fingerprint density at radius 1 is 0.634 bits per heavy atom. The second kappa shape index (κ2) is 20.5. The van der Waals surface area contributed by atoms with Crippen LogP contribution in [-0.2, 0) is 19.9 Å². The average molecular weight is 558 g/mol. The van der Waals surface area contributed by atoms with Crippen molar-refractivity contribution in [1.29, 1.82) is 0 Å². The molecule has 41 heavy (non-hydrogen) atoms. The summed E-state index contributed by atoms with van der Waals surface area (Å²) < 4.78 is 4.92. The number of imidazole rings is 1. The number of hydrogen-bond acceptors (Lipinski definition) is 0. The minimum atomic E-state index is 0.535. The van der Waals surface area contributed by atoms with Crippen molar-refractivity contribution in [3.8, 4) is 0 Å². The third-order valence-corrected chi connectivity index (χ3v) is 9.17. The largest absolute Gasteiger partial charge is 0.256 e. The van der Waals surface area contributed by atoms with Crippen LogP contribution in [0.3, 0.4) is 0 Å². The van der Waals surface area contributed by atoms with Gasteiger partial charge in [-0.3, -0.25) is 0 Å². The highest BCUT2D eigenvalue weighted by Crippen LogP contribution is 2.27. The third kappa shape index (κ3) is 13.0. The van der Waals surface area contributed by atoms with E-state index in [0.29, 0.717) is 12.0 Å². The number of unbranched alkanes of at least 4 members (excludes halogenated alkanes) is 14. The lowest BCUT2D eigenvalue weighted by Gasteiger charge is -2.18. The van der Waals surface area contributed by atoms with Crippen LogP contribution in [0, 0.1) is 0 Å². The van der Waals surface area contributed by atoms with Crippen LogP contribution in [0.15, 0.2) is 73.1 Å². The van der Waals surface area contributed by atoms with Crippen LogP contribution in [0.1, 0.15) is 152 Å². The molecule has 1 aromatic heterocycles. The molecule has 0 bridgehead atoms. The minimum absolute atomic E-state index is 0.535. The number of hydrogen-bond donors (Lipinski definition) is 0. The highest BCUT2D eigenvalue weighted by Gasteiger charge is 2.22. The lowest BCUT2D eigenvalue weighted by atomic mass is 9.88. The van der Waals surface area contributed by atoms with Crippen molar-refractivity contribution in [1.82, 2.24) is 4.57 Å². The zero-order chi connectivity index (χ0) is 29.0. The number of nitrogens with zero attached hydrogens (tertiary/aromatic N) is 2. The summed E-state index contributed by atoms with van der Waals surface area (Å²) in [5, 5.41) is 0. The van der Waals surface area contributed by atoms with E-state index >= 15 is 0 Å². The summed E-state index contributed by atoms with van der Waals surface area (Å²) in [7, 11) is 2.22. The first kappa shape index (κ1) is 33.2. The molecule has 2 heteroatoms. The number of aromatic nitrogens is 2. The molecule has 226 valence electrons. The van der Waals surface area contributed by atoms with Gasteiger partial charge in [0.15, 0.2) is 0 Å². The first-order valence-electron chi connectivity index (χ1n) is 17.3. The number of rotatable bonds is 23. The smallest absolute Gasteiger partial charge is 0.237 e. The fraction of sp³-hybridized carbons (Fsp3) is 0.615. The fourth-order valence-electron chi connectivity index (χ4n) is 6.50. The highest BCUT2D eigenvalue weighted by molar-refractivity contribution is 5.24.